The highest BCUT2D eigenvalue weighted by Gasteiger charge is 2.39. The van der Waals surface area contributed by atoms with Gasteiger partial charge in [0.05, 0.1) is 0 Å². The van der Waals surface area contributed by atoms with Crippen molar-refractivity contribution in [2.24, 2.45) is 11.8 Å². The average Bonchev–Trinajstić information content (AvgIpc) is 3.80. The normalized spacial score (nSPS) is 16.3. The van der Waals surface area contributed by atoms with Crippen molar-refractivity contribution < 1.29 is 0 Å². The van der Waals surface area contributed by atoms with Gasteiger partial charge in [-0.3, -0.25) is 0 Å². The molecule has 2 nitrogen and oxygen atoms in total. The van der Waals surface area contributed by atoms with E-state index in [-0.39, 0.29) is 11.0 Å². The number of rotatable bonds is 10. The van der Waals surface area contributed by atoms with E-state index in [2.05, 4.69) is 185 Å². The van der Waals surface area contributed by atoms with Gasteiger partial charge in [0.1, 0.15) is 0 Å². The Morgan fingerprint density at radius 3 is 1.56 bits per heavy atom. The topological polar surface area (TPSA) is 6.48 Å². The van der Waals surface area contributed by atoms with Crippen LogP contribution in [0.3, 0.4) is 0 Å². The fraction of sp³-hybridized carbons (Fsp3) is 0.302. The van der Waals surface area contributed by atoms with E-state index in [1.807, 2.05) is 0 Å². The number of hydrogen-bond acceptors (Lipinski definition) is 2. The lowest BCUT2D eigenvalue weighted by molar-refractivity contribution is 0.430. The molecule has 0 amide bonds. The predicted octanol–water partition coefficient (Wildman–Crippen LogP) is 12.5. The molecule has 0 aliphatic heterocycles. The van der Waals surface area contributed by atoms with Gasteiger partial charge in [0.15, 0.2) is 0 Å². The monoisotopic (exact) mass is 592 g/mol. The van der Waals surface area contributed by atoms with Crippen LogP contribution in [0.4, 0.5) is 28.4 Å². The molecule has 5 aromatic carbocycles. The van der Waals surface area contributed by atoms with Crippen molar-refractivity contribution in [3.63, 3.8) is 0 Å². The number of anilines is 5. The largest absolute Gasteiger partial charge is 0.336 e. The van der Waals surface area contributed by atoms with E-state index in [0.717, 1.165) is 17.5 Å². The summed E-state index contributed by atoms with van der Waals surface area (Å²) in [6, 6.07) is 48.6. The zero-order valence-corrected chi connectivity index (χ0v) is 27.9. The molecule has 230 valence electrons. The first-order valence-electron chi connectivity index (χ1n) is 16.7. The number of hydrogen-bond donors (Lipinski definition) is 0. The van der Waals surface area contributed by atoms with Gasteiger partial charge in [0, 0.05) is 34.0 Å². The summed E-state index contributed by atoms with van der Waals surface area (Å²) in [5, 5.41) is 0. The summed E-state index contributed by atoms with van der Waals surface area (Å²) >= 11 is 0. The molecule has 0 heterocycles. The van der Waals surface area contributed by atoms with Crippen LogP contribution in [0, 0.1) is 11.8 Å². The molecule has 1 saturated carbocycles. The lowest BCUT2D eigenvalue weighted by atomic mass is 9.79. The summed E-state index contributed by atoms with van der Waals surface area (Å²) in [5.74, 6) is 1.79. The Bertz CT molecular complexity index is 1680. The molecule has 0 aromatic heterocycles. The predicted molar refractivity (Wildman–Crippen MR) is 194 cm³/mol. The highest BCUT2D eigenvalue weighted by molar-refractivity contribution is 5.79. The lowest BCUT2D eigenvalue weighted by Gasteiger charge is -2.38. The summed E-state index contributed by atoms with van der Waals surface area (Å²) in [6.45, 7) is 14.0. The highest BCUT2D eigenvalue weighted by Crippen LogP contribution is 2.49. The van der Waals surface area contributed by atoms with Crippen LogP contribution < -0.4 is 9.80 Å². The maximum absolute atomic E-state index is 2.42. The summed E-state index contributed by atoms with van der Waals surface area (Å²) in [6.07, 6.45) is 3.96. The SMILES string of the molecule is CCC1CC1CC(C)(C)c1cccc(N(c2ccccc2)c2ccc(-c3ccc(N(c4ccccc4)C(C)(C)C)cc3)cc2)c1. The first-order valence-corrected chi connectivity index (χ1v) is 16.7. The van der Waals surface area contributed by atoms with Gasteiger partial charge < -0.3 is 9.80 Å². The molecule has 6 rings (SSSR count). The Hall–Kier alpha value is -4.30. The Kier molecular flexibility index (Phi) is 8.60. The van der Waals surface area contributed by atoms with Gasteiger partial charge in [-0.15, -0.1) is 0 Å². The van der Waals surface area contributed by atoms with Gasteiger partial charge in [0.2, 0.25) is 0 Å². The van der Waals surface area contributed by atoms with Crippen molar-refractivity contribution in [3.8, 4) is 11.1 Å². The summed E-state index contributed by atoms with van der Waals surface area (Å²) in [7, 11) is 0. The highest BCUT2D eigenvalue weighted by atomic mass is 15.2. The number of nitrogens with zero attached hydrogens (tertiary/aromatic N) is 2. The molecule has 45 heavy (non-hydrogen) atoms. The van der Waals surface area contributed by atoms with Crippen molar-refractivity contribution >= 4 is 28.4 Å². The fourth-order valence-electron chi connectivity index (χ4n) is 7.03. The average molecular weight is 593 g/mol. The van der Waals surface area contributed by atoms with Crippen LogP contribution in [0.5, 0.6) is 0 Å². The van der Waals surface area contributed by atoms with Crippen LogP contribution in [0.15, 0.2) is 133 Å². The van der Waals surface area contributed by atoms with Crippen LogP contribution >= 0.6 is 0 Å². The van der Waals surface area contributed by atoms with E-state index < -0.39 is 0 Å². The van der Waals surface area contributed by atoms with Crippen LogP contribution in [0.1, 0.15) is 66.4 Å². The van der Waals surface area contributed by atoms with Gasteiger partial charge in [-0.1, -0.05) is 100.0 Å². The number of benzene rings is 5. The molecular weight excluding hydrogens is 544 g/mol. The van der Waals surface area contributed by atoms with Gasteiger partial charge in [0.25, 0.3) is 0 Å². The smallest absolute Gasteiger partial charge is 0.0464 e. The van der Waals surface area contributed by atoms with Crippen molar-refractivity contribution in [3.05, 3.63) is 139 Å². The molecule has 2 unspecified atom stereocenters. The number of para-hydroxylation sites is 2. The van der Waals surface area contributed by atoms with E-state index in [9.17, 15) is 0 Å². The van der Waals surface area contributed by atoms with E-state index in [4.69, 9.17) is 0 Å². The van der Waals surface area contributed by atoms with Gasteiger partial charge >= 0.3 is 0 Å². The Balaban J connectivity index is 1.28. The maximum atomic E-state index is 2.42. The third-order valence-corrected chi connectivity index (χ3v) is 9.54. The molecule has 1 fully saturated rings. The van der Waals surface area contributed by atoms with Crippen LogP contribution in [-0.4, -0.2) is 5.54 Å². The molecular formula is C43H48N2. The third-order valence-electron chi connectivity index (χ3n) is 9.54. The third kappa shape index (κ3) is 6.86. The molecule has 1 aliphatic rings. The van der Waals surface area contributed by atoms with E-state index in [1.54, 1.807) is 0 Å². The van der Waals surface area contributed by atoms with Crippen molar-refractivity contribution in [1.29, 1.82) is 0 Å². The van der Waals surface area contributed by atoms with Crippen LogP contribution in [0.25, 0.3) is 11.1 Å². The molecule has 0 saturated heterocycles. The lowest BCUT2D eigenvalue weighted by Crippen LogP contribution is -2.37. The second-order valence-corrected chi connectivity index (χ2v) is 14.4. The van der Waals surface area contributed by atoms with E-state index >= 15 is 0 Å². The van der Waals surface area contributed by atoms with Crippen molar-refractivity contribution in [2.75, 3.05) is 9.80 Å². The first-order chi connectivity index (χ1) is 21.6. The molecule has 2 atom stereocenters. The van der Waals surface area contributed by atoms with Gasteiger partial charge in [-0.25, -0.2) is 0 Å². The van der Waals surface area contributed by atoms with Crippen LogP contribution in [0.2, 0.25) is 0 Å². The molecule has 0 N–H and O–H groups in total. The molecule has 1 aliphatic carbocycles. The Labute approximate surface area is 271 Å². The second kappa shape index (κ2) is 12.6. The van der Waals surface area contributed by atoms with E-state index in [1.165, 1.54) is 58.7 Å². The molecule has 0 spiro atoms. The summed E-state index contributed by atoms with van der Waals surface area (Å²) in [4.78, 5) is 4.79. The molecule has 0 radical (unpaired) electrons. The van der Waals surface area contributed by atoms with Crippen molar-refractivity contribution in [2.45, 2.75) is 71.8 Å². The minimum absolute atomic E-state index is 0.0479. The molecule has 0 bridgehead atoms. The Morgan fingerprint density at radius 2 is 1.02 bits per heavy atom. The second-order valence-electron chi connectivity index (χ2n) is 14.4. The minimum Gasteiger partial charge on any atom is -0.336 e. The Morgan fingerprint density at radius 1 is 0.533 bits per heavy atom. The summed E-state index contributed by atoms with van der Waals surface area (Å²) in [5.41, 5.74) is 9.87. The van der Waals surface area contributed by atoms with Gasteiger partial charge in [-0.05, 0) is 128 Å². The minimum atomic E-state index is -0.0479. The molecule has 2 heteroatoms. The van der Waals surface area contributed by atoms with E-state index in [0.29, 0.717) is 0 Å². The quantitative estimate of drug-likeness (QED) is 0.159. The van der Waals surface area contributed by atoms with Crippen molar-refractivity contribution in [1.82, 2.24) is 0 Å². The van der Waals surface area contributed by atoms with Gasteiger partial charge in [-0.2, -0.15) is 0 Å². The standard InChI is InChI=1S/C43H48N2/c1-7-32-29-35(32)31-43(5,6)36-15-14-20-41(30-36)44(37-16-10-8-11-17-37)38-25-21-33(22-26-38)34-23-27-40(28-24-34)45(42(2,3)4)39-18-12-9-13-19-39/h8-28,30,32,35H,7,29,31H2,1-6H3. The van der Waals surface area contributed by atoms with Crippen LogP contribution in [-0.2, 0) is 5.41 Å². The fourth-order valence-corrected chi connectivity index (χ4v) is 7.03. The first kappa shape index (κ1) is 30.7. The zero-order valence-electron chi connectivity index (χ0n) is 27.9. The molecule has 5 aromatic rings. The summed E-state index contributed by atoms with van der Waals surface area (Å²) < 4.78 is 0. The zero-order chi connectivity index (χ0) is 31.6. The maximum Gasteiger partial charge on any atom is 0.0464 e.